The minimum Gasteiger partial charge on any atom is -0.493 e. The Morgan fingerprint density at radius 2 is 2.10 bits per heavy atom. The zero-order chi connectivity index (χ0) is 15.2. The van der Waals surface area contributed by atoms with Crippen molar-refractivity contribution in [3.05, 3.63) is 28.8 Å². The lowest BCUT2D eigenvalue weighted by Gasteiger charge is -2.10. The Kier molecular flexibility index (Phi) is 5.18. The molecule has 0 amide bonds. The van der Waals surface area contributed by atoms with Crippen LogP contribution in [-0.4, -0.2) is 18.7 Å². The second kappa shape index (κ2) is 7.09. The van der Waals surface area contributed by atoms with Crippen LogP contribution in [0.3, 0.4) is 0 Å². The molecule has 0 spiro atoms. The lowest BCUT2D eigenvalue weighted by atomic mass is 10.2. The van der Waals surface area contributed by atoms with Gasteiger partial charge in [0.1, 0.15) is 16.0 Å². The number of nitrogens with zero attached hydrogens (tertiary/aromatic N) is 2. The highest BCUT2D eigenvalue weighted by Crippen LogP contribution is 2.35. The summed E-state index contributed by atoms with van der Waals surface area (Å²) in [7, 11) is 1.62. The first-order chi connectivity index (χ1) is 10.2. The highest BCUT2D eigenvalue weighted by Gasteiger charge is 2.14. The molecule has 0 fully saturated rings. The third-order valence-electron chi connectivity index (χ3n) is 3.00. The number of nitriles is 1. The molecule has 1 aromatic carbocycles. The maximum atomic E-state index is 9.20. The number of hydrogen-bond acceptors (Lipinski definition) is 5. The van der Waals surface area contributed by atoms with E-state index in [4.69, 9.17) is 9.47 Å². The summed E-state index contributed by atoms with van der Waals surface area (Å²) in [6.07, 6.45) is 1.80. The van der Waals surface area contributed by atoms with Crippen LogP contribution in [-0.2, 0) is 6.42 Å². The van der Waals surface area contributed by atoms with Crippen LogP contribution in [0, 0.1) is 11.3 Å². The first kappa shape index (κ1) is 15.3. The zero-order valence-electron chi connectivity index (χ0n) is 12.5. The first-order valence-electron chi connectivity index (χ1n) is 6.94. The van der Waals surface area contributed by atoms with E-state index in [1.165, 1.54) is 11.3 Å². The van der Waals surface area contributed by atoms with E-state index >= 15 is 0 Å². The molecule has 1 heterocycles. The molecule has 0 N–H and O–H groups in total. The second-order valence-corrected chi connectivity index (χ2v) is 5.45. The summed E-state index contributed by atoms with van der Waals surface area (Å²) in [5, 5.41) is 10.0. The monoisotopic (exact) mass is 302 g/mol. The molecular formula is C16H18N2O2S. The molecule has 0 saturated carbocycles. The number of benzene rings is 1. The SMILES string of the molecule is CCCc1nc(-c2ccc(OC)c(OCC)c2)sc1C#N. The van der Waals surface area contributed by atoms with E-state index in [1.807, 2.05) is 25.1 Å². The van der Waals surface area contributed by atoms with Crippen LogP contribution in [0.15, 0.2) is 18.2 Å². The van der Waals surface area contributed by atoms with Gasteiger partial charge in [0.2, 0.25) is 0 Å². The highest BCUT2D eigenvalue weighted by molar-refractivity contribution is 7.15. The van der Waals surface area contributed by atoms with E-state index in [-0.39, 0.29) is 0 Å². The van der Waals surface area contributed by atoms with Crippen molar-refractivity contribution >= 4 is 11.3 Å². The summed E-state index contributed by atoms with van der Waals surface area (Å²) < 4.78 is 10.9. The summed E-state index contributed by atoms with van der Waals surface area (Å²) in [6, 6.07) is 7.96. The second-order valence-electron chi connectivity index (χ2n) is 4.46. The van der Waals surface area contributed by atoms with Gasteiger partial charge in [-0.15, -0.1) is 11.3 Å². The van der Waals surface area contributed by atoms with Crippen molar-refractivity contribution in [1.82, 2.24) is 4.98 Å². The van der Waals surface area contributed by atoms with Gasteiger partial charge < -0.3 is 9.47 Å². The Labute approximate surface area is 129 Å². The molecule has 0 aliphatic carbocycles. The summed E-state index contributed by atoms with van der Waals surface area (Å²) in [6.45, 7) is 4.59. The molecule has 110 valence electrons. The predicted molar refractivity (Wildman–Crippen MR) is 84.0 cm³/mol. The van der Waals surface area contributed by atoms with Gasteiger partial charge in [-0.05, 0) is 31.5 Å². The number of aryl methyl sites for hydroxylation is 1. The number of rotatable bonds is 6. The van der Waals surface area contributed by atoms with Gasteiger partial charge in [0.15, 0.2) is 11.5 Å². The summed E-state index contributed by atoms with van der Waals surface area (Å²) >= 11 is 1.42. The summed E-state index contributed by atoms with van der Waals surface area (Å²) in [5.74, 6) is 1.40. The molecule has 0 radical (unpaired) electrons. The van der Waals surface area contributed by atoms with Crippen molar-refractivity contribution in [3.8, 4) is 28.1 Å². The molecular weight excluding hydrogens is 284 g/mol. The van der Waals surface area contributed by atoms with E-state index in [0.717, 1.165) is 29.1 Å². The molecule has 1 aromatic heterocycles. The van der Waals surface area contributed by atoms with Gasteiger partial charge in [0.05, 0.1) is 19.4 Å². The standard InChI is InChI=1S/C16H18N2O2S/c1-4-6-12-15(10-17)21-16(18-12)11-7-8-13(19-3)14(9-11)20-5-2/h7-9H,4-6H2,1-3H3. The average molecular weight is 302 g/mol. The maximum Gasteiger partial charge on any atom is 0.161 e. The van der Waals surface area contributed by atoms with Gasteiger partial charge in [0, 0.05) is 5.56 Å². The molecule has 2 aromatic rings. The van der Waals surface area contributed by atoms with Crippen molar-refractivity contribution in [2.45, 2.75) is 26.7 Å². The van der Waals surface area contributed by atoms with Gasteiger partial charge in [-0.25, -0.2) is 4.98 Å². The van der Waals surface area contributed by atoms with Gasteiger partial charge in [-0.1, -0.05) is 13.3 Å². The van der Waals surface area contributed by atoms with Crippen LogP contribution in [0.2, 0.25) is 0 Å². The van der Waals surface area contributed by atoms with Crippen LogP contribution >= 0.6 is 11.3 Å². The van der Waals surface area contributed by atoms with E-state index < -0.39 is 0 Å². The topological polar surface area (TPSA) is 55.1 Å². The number of thiazole rings is 1. The summed E-state index contributed by atoms with van der Waals surface area (Å²) in [5.41, 5.74) is 1.83. The first-order valence-corrected chi connectivity index (χ1v) is 7.76. The largest absolute Gasteiger partial charge is 0.493 e. The predicted octanol–water partition coefficient (Wildman–Crippen LogP) is 4.04. The molecule has 5 heteroatoms. The molecule has 4 nitrogen and oxygen atoms in total. The number of ether oxygens (including phenoxy) is 2. The Bertz CT molecular complexity index is 659. The van der Waals surface area contributed by atoms with Crippen molar-refractivity contribution < 1.29 is 9.47 Å². The maximum absolute atomic E-state index is 9.20. The van der Waals surface area contributed by atoms with Crippen molar-refractivity contribution in [3.63, 3.8) is 0 Å². The third-order valence-corrected chi connectivity index (χ3v) is 4.05. The molecule has 0 bridgehead atoms. The van der Waals surface area contributed by atoms with Gasteiger partial charge in [-0.2, -0.15) is 5.26 Å². The molecule has 0 saturated heterocycles. The smallest absolute Gasteiger partial charge is 0.161 e. The van der Waals surface area contributed by atoms with E-state index in [2.05, 4.69) is 18.0 Å². The fraction of sp³-hybridized carbons (Fsp3) is 0.375. The van der Waals surface area contributed by atoms with Gasteiger partial charge >= 0.3 is 0 Å². The van der Waals surface area contributed by atoms with Crippen molar-refractivity contribution in [2.24, 2.45) is 0 Å². The van der Waals surface area contributed by atoms with Crippen LogP contribution in [0.1, 0.15) is 30.8 Å². The fourth-order valence-electron chi connectivity index (χ4n) is 2.05. The lowest BCUT2D eigenvalue weighted by Crippen LogP contribution is -1.95. The molecule has 2 rings (SSSR count). The van der Waals surface area contributed by atoms with Crippen LogP contribution in [0.4, 0.5) is 0 Å². The number of hydrogen-bond donors (Lipinski definition) is 0. The van der Waals surface area contributed by atoms with E-state index in [9.17, 15) is 5.26 Å². The Balaban J connectivity index is 2.42. The molecule has 0 aliphatic heterocycles. The molecule has 21 heavy (non-hydrogen) atoms. The van der Waals surface area contributed by atoms with E-state index in [0.29, 0.717) is 23.0 Å². The average Bonchev–Trinajstić information content (AvgIpc) is 2.91. The Morgan fingerprint density at radius 1 is 1.29 bits per heavy atom. The van der Waals surface area contributed by atoms with E-state index in [1.54, 1.807) is 7.11 Å². The number of methoxy groups -OCH3 is 1. The molecule has 0 aliphatic rings. The lowest BCUT2D eigenvalue weighted by molar-refractivity contribution is 0.311. The van der Waals surface area contributed by atoms with Crippen LogP contribution in [0.5, 0.6) is 11.5 Å². The molecule has 0 unspecified atom stereocenters. The minimum atomic E-state index is 0.572. The molecule has 0 atom stereocenters. The zero-order valence-corrected chi connectivity index (χ0v) is 13.3. The highest BCUT2D eigenvalue weighted by atomic mass is 32.1. The quantitative estimate of drug-likeness (QED) is 0.808. The minimum absolute atomic E-state index is 0.572. The Morgan fingerprint density at radius 3 is 2.71 bits per heavy atom. The fourth-order valence-corrected chi connectivity index (χ4v) is 2.95. The van der Waals surface area contributed by atoms with Gasteiger partial charge in [-0.3, -0.25) is 0 Å². The number of aromatic nitrogens is 1. The van der Waals surface area contributed by atoms with Crippen LogP contribution in [0.25, 0.3) is 10.6 Å². The van der Waals surface area contributed by atoms with Gasteiger partial charge in [0.25, 0.3) is 0 Å². The van der Waals surface area contributed by atoms with Crippen molar-refractivity contribution in [2.75, 3.05) is 13.7 Å². The third kappa shape index (κ3) is 3.34. The Hall–Kier alpha value is -2.06. The van der Waals surface area contributed by atoms with Crippen LogP contribution < -0.4 is 9.47 Å². The normalized spacial score (nSPS) is 10.2. The van der Waals surface area contributed by atoms with Crippen molar-refractivity contribution in [1.29, 1.82) is 5.26 Å². The summed E-state index contributed by atoms with van der Waals surface area (Å²) in [4.78, 5) is 5.29.